The van der Waals surface area contributed by atoms with E-state index < -0.39 is 5.97 Å². The summed E-state index contributed by atoms with van der Waals surface area (Å²) in [6.07, 6.45) is 9.83. The number of carbonyl (C=O) groups is 2. The second kappa shape index (κ2) is 9.08. The van der Waals surface area contributed by atoms with E-state index in [1.165, 1.54) is 31.8 Å². The summed E-state index contributed by atoms with van der Waals surface area (Å²) in [5.74, 6) is 1.04. The lowest BCUT2D eigenvalue weighted by Crippen LogP contribution is -2.50. The van der Waals surface area contributed by atoms with Crippen molar-refractivity contribution in [2.75, 3.05) is 26.4 Å². The topological polar surface area (TPSA) is 65.1 Å². The first kappa shape index (κ1) is 20.1. The quantitative estimate of drug-likeness (QED) is 0.548. The van der Waals surface area contributed by atoms with Crippen molar-refractivity contribution in [3.8, 4) is 11.5 Å². The Bertz CT molecular complexity index is 807. The van der Waals surface area contributed by atoms with Crippen LogP contribution >= 0.6 is 11.6 Å². The molecule has 2 fully saturated rings. The molecule has 0 unspecified atom stereocenters. The van der Waals surface area contributed by atoms with Crippen LogP contribution in [0.2, 0.25) is 5.02 Å². The summed E-state index contributed by atoms with van der Waals surface area (Å²) in [5.41, 5.74) is 0.698. The number of nitrogens with zero attached hydrogens (tertiary/aromatic N) is 1. The van der Waals surface area contributed by atoms with Gasteiger partial charge in [0.1, 0.15) is 13.2 Å². The fourth-order valence-electron chi connectivity index (χ4n) is 4.59. The number of carbonyl (C=O) groups excluding carboxylic acids is 2. The second-order valence-electron chi connectivity index (χ2n) is 7.81. The largest absolute Gasteiger partial charge is 0.486 e. The monoisotopic (exact) mass is 419 g/mol. The fraction of sp³-hybridized carbons (Fsp3) is 0.545. The number of rotatable bonds is 4. The molecule has 0 N–H and O–H groups in total. The number of piperidine rings is 1. The van der Waals surface area contributed by atoms with Gasteiger partial charge in [0, 0.05) is 18.7 Å². The van der Waals surface area contributed by atoms with Gasteiger partial charge in [-0.2, -0.15) is 0 Å². The zero-order valence-electron chi connectivity index (χ0n) is 16.4. The lowest BCUT2D eigenvalue weighted by molar-refractivity contribution is -0.151. The average molecular weight is 420 g/mol. The molecule has 0 aromatic heterocycles. The molecular formula is C22H26ClNO5. The van der Waals surface area contributed by atoms with Crippen molar-refractivity contribution in [3.63, 3.8) is 0 Å². The number of fused-ring (bicyclic) bond motifs is 2. The number of hydrogen-bond acceptors (Lipinski definition) is 5. The third-order valence-electron chi connectivity index (χ3n) is 5.93. The van der Waals surface area contributed by atoms with E-state index in [1.54, 1.807) is 18.2 Å². The zero-order chi connectivity index (χ0) is 20.2. The first-order valence-corrected chi connectivity index (χ1v) is 10.7. The molecule has 1 saturated heterocycles. The summed E-state index contributed by atoms with van der Waals surface area (Å²) in [6.45, 7) is 1.47. The molecular weight excluding hydrogens is 394 g/mol. The summed E-state index contributed by atoms with van der Waals surface area (Å²) in [6, 6.07) is 3.77. The maximum Gasteiger partial charge on any atom is 0.331 e. The van der Waals surface area contributed by atoms with Crippen LogP contribution in [0.5, 0.6) is 11.5 Å². The van der Waals surface area contributed by atoms with Gasteiger partial charge < -0.3 is 19.1 Å². The molecule has 29 heavy (non-hydrogen) atoms. The number of benzene rings is 1. The van der Waals surface area contributed by atoms with E-state index in [2.05, 4.69) is 0 Å². The van der Waals surface area contributed by atoms with Crippen LogP contribution in [0.3, 0.4) is 0 Å². The standard InChI is InChI=1S/C22H26ClNO5/c23-17-12-15(13-19-22(17)28-11-10-27-19)7-8-21(26)29-14-20(25)24-9-3-5-16-4-1-2-6-18(16)24/h7-8,12-13,16,18H,1-6,9-11,14H2/b8-7+/t16-,18+/m0/s1. The second-order valence-corrected chi connectivity index (χ2v) is 8.22. The zero-order valence-corrected chi connectivity index (χ0v) is 17.2. The molecule has 156 valence electrons. The predicted octanol–water partition coefficient (Wildman–Crippen LogP) is 3.85. The minimum atomic E-state index is -0.554. The van der Waals surface area contributed by atoms with Gasteiger partial charge in [-0.25, -0.2) is 4.79 Å². The lowest BCUT2D eigenvalue weighted by atomic mass is 9.78. The molecule has 0 radical (unpaired) electrons. The molecule has 2 heterocycles. The van der Waals surface area contributed by atoms with Crippen molar-refractivity contribution in [2.24, 2.45) is 5.92 Å². The lowest BCUT2D eigenvalue weighted by Gasteiger charge is -2.44. The number of hydrogen-bond donors (Lipinski definition) is 0. The SMILES string of the molecule is O=C(/C=C/c1cc(Cl)c2c(c1)OCCO2)OCC(=O)N1CCC[C@@H]2CCCC[C@H]21. The number of ether oxygens (including phenoxy) is 3. The van der Waals surface area contributed by atoms with E-state index in [1.807, 2.05) is 4.90 Å². The number of esters is 1. The Morgan fingerprint density at radius 1 is 1.14 bits per heavy atom. The van der Waals surface area contributed by atoms with Gasteiger partial charge in [-0.05, 0) is 55.4 Å². The molecule has 1 aliphatic carbocycles. The van der Waals surface area contributed by atoms with Crippen LogP contribution in [-0.2, 0) is 14.3 Å². The average Bonchev–Trinajstić information content (AvgIpc) is 2.75. The smallest absolute Gasteiger partial charge is 0.331 e. The Labute approximate surface area is 175 Å². The molecule has 1 aromatic carbocycles. The van der Waals surface area contributed by atoms with Crippen LogP contribution in [-0.4, -0.2) is 49.2 Å². The van der Waals surface area contributed by atoms with E-state index in [0.717, 1.165) is 19.4 Å². The van der Waals surface area contributed by atoms with Gasteiger partial charge in [0.05, 0.1) is 5.02 Å². The Morgan fingerprint density at radius 3 is 2.83 bits per heavy atom. The van der Waals surface area contributed by atoms with Gasteiger partial charge in [0.15, 0.2) is 18.1 Å². The van der Waals surface area contributed by atoms with E-state index >= 15 is 0 Å². The van der Waals surface area contributed by atoms with Crippen molar-refractivity contribution < 1.29 is 23.8 Å². The third-order valence-corrected chi connectivity index (χ3v) is 6.21. The molecule has 0 bridgehead atoms. The molecule has 1 saturated carbocycles. The van der Waals surface area contributed by atoms with Crippen molar-refractivity contribution in [1.29, 1.82) is 0 Å². The van der Waals surface area contributed by atoms with Crippen LogP contribution in [0.4, 0.5) is 0 Å². The Morgan fingerprint density at radius 2 is 1.93 bits per heavy atom. The molecule has 0 spiro atoms. The van der Waals surface area contributed by atoms with E-state index in [0.29, 0.717) is 47.3 Å². The molecule has 2 aliphatic heterocycles. The van der Waals surface area contributed by atoms with E-state index in [4.69, 9.17) is 25.8 Å². The summed E-state index contributed by atoms with van der Waals surface area (Å²) in [7, 11) is 0. The van der Waals surface area contributed by atoms with Gasteiger partial charge in [-0.15, -0.1) is 0 Å². The number of likely N-dealkylation sites (tertiary alicyclic amines) is 1. The normalized spacial score (nSPS) is 23.6. The molecule has 2 atom stereocenters. The first-order valence-electron chi connectivity index (χ1n) is 10.4. The highest BCUT2D eigenvalue weighted by molar-refractivity contribution is 6.32. The Hall–Kier alpha value is -2.21. The summed E-state index contributed by atoms with van der Waals surface area (Å²) >= 11 is 6.20. The summed E-state index contributed by atoms with van der Waals surface area (Å²) < 4.78 is 16.2. The fourth-order valence-corrected chi connectivity index (χ4v) is 4.86. The number of amides is 1. The van der Waals surface area contributed by atoms with Crippen LogP contribution in [0.1, 0.15) is 44.1 Å². The van der Waals surface area contributed by atoms with Crippen molar-refractivity contribution >= 4 is 29.6 Å². The van der Waals surface area contributed by atoms with Crippen LogP contribution < -0.4 is 9.47 Å². The van der Waals surface area contributed by atoms with Gasteiger partial charge >= 0.3 is 5.97 Å². The molecule has 1 amide bonds. The molecule has 7 heteroatoms. The van der Waals surface area contributed by atoms with Gasteiger partial charge in [0.25, 0.3) is 5.91 Å². The number of halogens is 1. The minimum absolute atomic E-state index is 0.0919. The van der Waals surface area contributed by atoms with Crippen LogP contribution in [0.15, 0.2) is 18.2 Å². The van der Waals surface area contributed by atoms with Crippen molar-refractivity contribution in [3.05, 3.63) is 28.8 Å². The van der Waals surface area contributed by atoms with Crippen LogP contribution in [0, 0.1) is 5.92 Å². The molecule has 3 aliphatic rings. The highest BCUT2D eigenvalue weighted by atomic mass is 35.5. The predicted molar refractivity (Wildman–Crippen MR) is 109 cm³/mol. The van der Waals surface area contributed by atoms with E-state index in [9.17, 15) is 9.59 Å². The van der Waals surface area contributed by atoms with Gasteiger partial charge in [-0.1, -0.05) is 24.4 Å². The molecule has 6 nitrogen and oxygen atoms in total. The van der Waals surface area contributed by atoms with Gasteiger partial charge in [-0.3, -0.25) is 4.79 Å². The first-order chi connectivity index (χ1) is 14.1. The van der Waals surface area contributed by atoms with Crippen molar-refractivity contribution in [2.45, 2.75) is 44.6 Å². The minimum Gasteiger partial charge on any atom is -0.486 e. The summed E-state index contributed by atoms with van der Waals surface area (Å²) in [4.78, 5) is 26.6. The Kier molecular flexibility index (Phi) is 6.28. The maximum atomic E-state index is 12.6. The highest BCUT2D eigenvalue weighted by Gasteiger charge is 2.35. The third kappa shape index (κ3) is 4.69. The maximum absolute atomic E-state index is 12.6. The molecule has 4 rings (SSSR count). The van der Waals surface area contributed by atoms with Gasteiger partial charge in [0.2, 0.25) is 0 Å². The summed E-state index contributed by atoms with van der Waals surface area (Å²) in [5, 5.41) is 0.428. The van der Waals surface area contributed by atoms with Crippen molar-refractivity contribution in [1.82, 2.24) is 4.90 Å². The van der Waals surface area contributed by atoms with E-state index in [-0.39, 0.29) is 12.5 Å². The highest BCUT2D eigenvalue weighted by Crippen LogP contribution is 2.38. The van der Waals surface area contributed by atoms with Crippen LogP contribution in [0.25, 0.3) is 6.08 Å². The Balaban J connectivity index is 1.32. The molecule has 1 aromatic rings.